The molecule has 170 valence electrons. The number of carbonyl (C=O) groups is 4. The van der Waals surface area contributed by atoms with Gasteiger partial charge in [-0.1, -0.05) is 30.3 Å². The van der Waals surface area contributed by atoms with E-state index in [9.17, 15) is 24.3 Å². The fraction of sp³-hybridized carbons (Fsp3) is 0.500. The highest BCUT2D eigenvalue weighted by molar-refractivity contribution is 5.69. The molecule has 11 heteroatoms. The lowest BCUT2D eigenvalue weighted by molar-refractivity contribution is -0.264. The van der Waals surface area contributed by atoms with Crippen LogP contribution in [-0.2, 0) is 44.7 Å². The number of nitrogens with one attached hydrogen (secondary N) is 1. The average Bonchev–Trinajstić information content (AvgIpc) is 2.70. The number of aliphatic hydroxyl groups is 1. The highest BCUT2D eigenvalue weighted by Crippen LogP contribution is 2.26. The van der Waals surface area contributed by atoms with Crippen molar-refractivity contribution in [3.05, 3.63) is 35.9 Å². The second kappa shape index (κ2) is 11.3. The molecule has 0 aliphatic carbocycles. The Bertz CT molecular complexity index is 783. The molecule has 1 fully saturated rings. The number of hydrogen-bond acceptors (Lipinski definition) is 10. The second-order valence-electron chi connectivity index (χ2n) is 6.75. The van der Waals surface area contributed by atoms with Gasteiger partial charge >= 0.3 is 24.0 Å². The molecule has 1 heterocycles. The van der Waals surface area contributed by atoms with Crippen LogP contribution < -0.4 is 5.32 Å². The Morgan fingerprint density at radius 2 is 1.55 bits per heavy atom. The number of alkyl carbamates (subject to hydrolysis) is 1. The summed E-state index contributed by atoms with van der Waals surface area (Å²) < 4.78 is 25.8. The molecule has 1 aliphatic heterocycles. The van der Waals surface area contributed by atoms with E-state index in [0.717, 1.165) is 26.3 Å². The molecule has 0 aromatic heterocycles. The van der Waals surface area contributed by atoms with E-state index in [0.29, 0.717) is 0 Å². The average molecular weight is 439 g/mol. The Balaban J connectivity index is 2.16. The van der Waals surface area contributed by atoms with Crippen molar-refractivity contribution in [1.29, 1.82) is 0 Å². The van der Waals surface area contributed by atoms with E-state index in [1.54, 1.807) is 24.3 Å². The van der Waals surface area contributed by atoms with Crippen molar-refractivity contribution in [2.24, 2.45) is 0 Å². The van der Waals surface area contributed by atoms with Gasteiger partial charge in [-0.05, 0) is 5.56 Å². The van der Waals surface area contributed by atoms with Gasteiger partial charge in [-0.25, -0.2) is 4.79 Å². The van der Waals surface area contributed by atoms with E-state index < -0.39 is 54.6 Å². The van der Waals surface area contributed by atoms with Gasteiger partial charge in [-0.2, -0.15) is 0 Å². The van der Waals surface area contributed by atoms with Crippen LogP contribution in [-0.4, -0.2) is 66.4 Å². The molecular formula is C20H25NO10. The summed E-state index contributed by atoms with van der Waals surface area (Å²) in [6.45, 7) is 2.97. The van der Waals surface area contributed by atoms with E-state index in [2.05, 4.69) is 5.32 Å². The molecule has 2 N–H and O–H groups in total. The zero-order chi connectivity index (χ0) is 23.0. The molecule has 5 atom stereocenters. The van der Waals surface area contributed by atoms with Gasteiger partial charge in [-0.15, -0.1) is 0 Å². The SMILES string of the molecule is CC(=O)OCC1O[C@@H](O)C(NC(=O)OCc2ccccc2)C(OC(C)=O)[C@H]1OC(C)=O. The van der Waals surface area contributed by atoms with Crippen LogP contribution in [0.1, 0.15) is 26.3 Å². The third kappa shape index (κ3) is 7.54. The van der Waals surface area contributed by atoms with Crippen molar-refractivity contribution < 1.29 is 48.0 Å². The Kier molecular flexibility index (Phi) is 8.76. The summed E-state index contributed by atoms with van der Waals surface area (Å²) in [5.74, 6) is -2.12. The molecule has 3 unspecified atom stereocenters. The number of rotatable bonds is 7. The maximum absolute atomic E-state index is 12.3. The summed E-state index contributed by atoms with van der Waals surface area (Å²) in [7, 11) is 0. The van der Waals surface area contributed by atoms with Crippen molar-refractivity contribution in [1.82, 2.24) is 5.32 Å². The number of benzene rings is 1. The Morgan fingerprint density at radius 1 is 0.935 bits per heavy atom. The summed E-state index contributed by atoms with van der Waals surface area (Å²) in [5.41, 5.74) is 0.730. The molecule has 0 spiro atoms. The van der Waals surface area contributed by atoms with Crippen LogP contribution >= 0.6 is 0 Å². The first-order chi connectivity index (χ1) is 14.7. The molecule has 1 saturated heterocycles. The number of amides is 1. The van der Waals surface area contributed by atoms with E-state index in [1.165, 1.54) is 0 Å². The van der Waals surface area contributed by atoms with Gasteiger partial charge in [0, 0.05) is 20.8 Å². The van der Waals surface area contributed by atoms with Crippen LogP contribution in [0.15, 0.2) is 30.3 Å². The molecule has 2 rings (SSSR count). The largest absolute Gasteiger partial charge is 0.463 e. The fourth-order valence-electron chi connectivity index (χ4n) is 2.97. The molecule has 0 saturated carbocycles. The molecule has 1 aliphatic rings. The third-order valence-corrected chi connectivity index (χ3v) is 4.22. The Morgan fingerprint density at radius 3 is 2.13 bits per heavy atom. The maximum Gasteiger partial charge on any atom is 0.407 e. The number of ether oxygens (including phenoxy) is 5. The number of hydrogen-bond donors (Lipinski definition) is 2. The normalized spacial score (nSPS) is 25.1. The summed E-state index contributed by atoms with van der Waals surface area (Å²) in [6.07, 6.45) is -6.36. The van der Waals surface area contributed by atoms with Gasteiger partial charge in [0.05, 0.1) is 0 Å². The first-order valence-electron chi connectivity index (χ1n) is 9.46. The minimum atomic E-state index is -1.68. The van der Waals surface area contributed by atoms with Gasteiger partial charge in [0.15, 0.2) is 18.5 Å². The topological polar surface area (TPSA) is 147 Å². The third-order valence-electron chi connectivity index (χ3n) is 4.22. The van der Waals surface area contributed by atoms with Crippen molar-refractivity contribution in [3.8, 4) is 0 Å². The zero-order valence-corrected chi connectivity index (χ0v) is 17.3. The quantitative estimate of drug-likeness (QED) is 0.453. The van der Waals surface area contributed by atoms with Crippen LogP contribution in [0.5, 0.6) is 0 Å². The number of aliphatic hydroxyl groups excluding tert-OH is 1. The van der Waals surface area contributed by atoms with Crippen molar-refractivity contribution in [2.45, 2.75) is 58.0 Å². The monoisotopic (exact) mass is 439 g/mol. The van der Waals surface area contributed by atoms with Gasteiger partial charge in [0.2, 0.25) is 0 Å². The number of carbonyl (C=O) groups excluding carboxylic acids is 4. The smallest absolute Gasteiger partial charge is 0.407 e. The molecule has 1 aromatic rings. The van der Waals surface area contributed by atoms with Crippen LogP contribution in [0, 0.1) is 0 Å². The lowest BCUT2D eigenvalue weighted by Crippen LogP contribution is -2.66. The molecule has 0 bridgehead atoms. The lowest BCUT2D eigenvalue weighted by Gasteiger charge is -2.43. The van der Waals surface area contributed by atoms with Crippen molar-refractivity contribution in [3.63, 3.8) is 0 Å². The molecule has 11 nitrogen and oxygen atoms in total. The Hall–Kier alpha value is -3.18. The van der Waals surface area contributed by atoms with E-state index in [1.807, 2.05) is 6.07 Å². The van der Waals surface area contributed by atoms with Gasteiger partial charge < -0.3 is 34.1 Å². The van der Waals surface area contributed by atoms with Crippen LogP contribution in [0.2, 0.25) is 0 Å². The van der Waals surface area contributed by atoms with Crippen LogP contribution in [0.4, 0.5) is 4.79 Å². The molecular weight excluding hydrogens is 414 g/mol. The van der Waals surface area contributed by atoms with Gasteiger partial charge in [-0.3, -0.25) is 14.4 Å². The lowest BCUT2D eigenvalue weighted by atomic mass is 9.96. The minimum absolute atomic E-state index is 0.0446. The number of esters is 3. The first kappa shape index (κ1) is 24.1. The summed E-state index contributed by atoms with van der Waals surface area (Å²) in [6, 6.07) is 7.54. The minimum Gasteiger partial charge on any atom is -0.463 e. The van der Waals surface area contributed by atoms with Crippen molar-refractivity contribution in [2.75, 3.05) is 6.61 Å². The van der Waals surface area contributed by atoms with E-state index in [4.69, 9.17) is 23.7 Å². The van der Waals surface area contributed by atoms with Crippen molar-refractivity contribution >= 4 is 24.0 Å². The van der Waals surface area contributed by atoms with Gasteiger partial charge in [0.1, 0.15) is 25.4 Å². The molecule has 1 aromatic carbocycles. The zero-order valence-electron chi connectivity index (χ0n) is 17.3. The molecule has 1 amide bonds. The highest BCUT2D eigenvalue weighted by atomic mass is 16.7. The van der Waals surface area contributed by atoms with Crippen LogP contribution in [0.3, 0.4) is 0 Å². The standard InChI is InChI=1S/C20H25NO10/c1-11(22)27-10-15-17(29-12(2)23)18(30-13(3)24)16(19(25)31-15)21-20(26)28-9-14-7-5-4-6-8-14/h4-8,15-19,25H,9-10H2,1-3H3,(H,21,26)/t15?,16?,17-,18?,19+/m0/s1. The predicted molar refractivity (Wildman–Crippen MR) is 102 cm³/mol. The summed E-state index contributed by atoms with van der Waals surface area (Å²) >= 11 is 0. The first-order valence-corrected chi connectivity index (χ1v) is 9.46. The molecule has 31 heavy (non-hydrogen) atoms. The molecule has 0 radical (unpaired) electrons. The summed E-state index contributed by atoms with van der Waals surface area (Å²) in [5, 5.41) is 12.8. The van der Waals surface area contributed by atoms with Gasteiger partial charge in [0.25, 0.3) is 0 Å². The second-order valence-corrected chi connectivity index (χ2v) is 6.75. The summed E-state index contributed by atoms with van der Waals surface area (Å²) in [4.78, 5) is 46.7. The highest BCUT2D eigenvalue weighted by Gasteiger charge is 2.50. The predicted octanol–water partition coefficient (Wildman–Crippen LogP) is 0.425. The van der Waals surface area contributed by atoms with E-state index >= 15 is 0 Å². The van der Waals surface area contributed by atoms with Crippen LogP contribution in [0.25, 0.3) is 0 Å². The van der Waals surface area contributed by atoms with E-state index in [-0.39, 0.29) is 13.2 Å². The fourth-order valence-corrected chi connectivity index (χ4v) is 2.97. The Labute approximate surface area is 178 Å². The maximum atomic E-state index is 12.3.